The predicted molar refractivity (Wildman–Crippen MR) is 230 cm³/mol. The van der Waals surface area contributed by atoms with Crippen molar-refractivity contribution in [1.29, 1.82) is 0 Å². The Morgan fingerprint density at radius 2 is 1.13 bits per heavy atom. The number of aromatic nitrogens is 3. The van der Waals surface area contributed by atoms with Gasteiger partial charge < -0.3 is 0 Å². The first-order valence-corrected chi connectivity index (χ1v) is 20.4. The summed E-state index contributed by atoms with van der Waals surface area (Å²) < 4.78 is 4.72. The molecular formula is C50H31N3S2. The van der Waals surface area contributed by atoms with Gasteiger partial charge in [-0.05, 0) is 75.3 Å². The molecule has 3 aromatic heterocycles. The van der Waals surface area contributed by atoms with Crippen LogP contribution in [-0.2, 0) is 0 Å². The van der Waals surface area contributed by atoms with Crippen molar-refractivity contribution >= 4 is 54.3 Å². The molecule has 1 aliphatic carbocycles. The van der Waals surface area contributed by atoms with Gasteiger partial charge in [0.2, 0.25) is 5.95 Å². The van der Waals surface area contributed by atoms with Crippen molar-refractivity contribution in [3.05, 3.63) is 193 Å². The van der Waals surface area contributed by atoms with Gasteiger partial charge >= 0.3 is 0 Å². The van der Waals surface area contributed by atoms with Gasteiger partial charge in [0.05, 0.1) is 26.7 Å². The number of benzene rings is 7. The van der Waals surface area contributed by atoms with Crippen LogP contribution in [0.3, 0.4) is 0 Å². The zero-order valence-corrected chi connectivity index (χ0v) is 31.2. The van der Waals surface area contributed by atoms with Gasteiger partial charge in [0.1, 0.15) is 0 Å². The van der Waals surface area contributed by atoms with E-state index in [1.54, 1.807) is 11.3 Å². The van der Waals surface area contributed by atoms with E-state index in [9.17, 15) is 0 Å². The smallest absolute Gasteiger partial charge is 0.235 e. The van der Waals surface area contributed by atoms with Crippen LogP contribution in [0.2, 0.25) is 0 Å². The molecule has 2 unspecified atom stereocenters. The summed E-state index contributed by atoms with van der Waals surface area (Å²) in [6.45, 7) is 0. The highest BCUT2D eigenvalue weighted by Crippen LogP contribution is 2.64. The maximum absolute atomic E-state index is 5.71. The number of hydrogen-bond donors (Lipinski definition) is 0. The molecule has 55 heavy (non-hydrogen) atoms. The minimum atomic E-state index is 0.169. The average Bonchev–Trinajstić information content (AvgIpc) is 3.94. The SMILES string of the molecule is c1ccc(-c2cc(-c3ccccc3)cc(-c3nc(-n4c5c(c6ccccc64)-c4ccccc4C4c6ccccc6SC54)nc4c3sc3ccccc34)c2)cc1. The average molecular weight is 738 g/mol. The Bertz CT molecular complexity index is 3090. The van der Waals surface area contributed by atoms with Gasteiger partial charge in [-0.15, -0.1) is 23.1 Å². The first kappa shape index (κ1) is 31.1. The summed E-state index contributed by atoms with van der Waals surface area (Å²) in [6.07, 6.45) is 0. The molecule has 12 rings (SSSR count). The van der Waals surface area contributed by atoms with E-state index in [0.717, 1.165) is 43.5 Å². The zero-order chi connectivity index (χ0) is 36.0. The quantitative estimate of drug-likeness (QED) is 0.180. The molecule has 0 bridgehead atoms. The standard InChI is InChI=1S/C50H31N3S2/c1-3-15-30(16-4-1)32-27-33(31-17-5-2-6-18-31)29-34(28-32)45-49-46(39-23-11-14-26-42(39)55-49)52-50(51-45)53-40-24-12-9-21-37(40)43-35-19-7-8-20-36(35)44-38-22-10-13-25-41(38)54-48(44)47(43)53/h1-29,44,48H. The number of fused-ring (bicyclic) bond motifs is 13. The summed E-state index contributed by atoms with van der Waals surface area (Å²) in [5.74, 6) is 0.943. The monoisotopic (exact) mass is 737 g/mol. The second-order valence-electron chi connectivity index (χ2n) is 14.4. The third-order valence-corrected chi connectivity index (χ3v) is 13.9. The summed E-state index contributed by atoms with van der Waals surface area (Å²) in [6, 6.07) is 63.8. The second-order valence-corrected chi connectivity index (χ2v) is 16.7. The Kier molecular flexibility index (Phi) is 6.86. The third-order valence-electron chi connectivity index (χ3n) is 11.4. The molecule has 0 amide bonds. The summed E-state index contributed by atoms with van der Waals surface area (Å²) in [4.78, 5) is 12.6. The third kappa shape index (κ3) is 4.70. The van der Waals surface area contributed by atoms with Crippen molar-refractivity contribution in [3.63, 3.8) is 0 Å². The van der Waals surface area contributed by atoms with Crippen molar-refractivity contribution in [2.45, 2.75) is 16.1 Å². The lowest BCUT2D eigenvalue weighted by atomic mass is 9.77. The fraction of sp³-hybridized carbons (Fsp3) is 0.0400. The Labute approximate surface area is 326 Å². The van der Waals surface area contributed by atoms with Gasteiger partial charge in [-0.25, -0.2) is 9.97 Å². The lowest BCUT2D eigenvalue weighted by molar-refractivity contribution is 0.742. The van der Waals surface area contributed by atoms with E-state index >= 15 is 0 Å². The van der Waals surface area contributed by atoms with Crippen LogP contribution in [-0.4, -0.2) is 14.5 Å². The summed E-state index contributed by atoms with van der Waals surface area (Å²) in [5, 5.41) is 2.56. The van der Waals surface area contributed by atoms with Crippen LogP contribution >= 0.6 is 23.1 Å². The Hall–Kier alpha value is -6.27. The molecule has 0 radical (unpaired) electrons. The summed E-state index contributed by atoms with van der Waals surface area (Å²) in [7, 11) is 0. The van der Waals surface area contributed by atoms with Crippen LogP contribution in [0.4, 0.5) is 0 Å². The maximum atomic E-state index is 5.71. The number of rotatable bonds is 4. The molecule has 0 saturated heterocycles. The number of nitrogens with zero attached hydrogens (tertiary/aromatic N) is 3. The molecule has 7 aromatic carbocycles. The fourth-order valence-corrected chi connectivity index (χ4v) is 11.7. The highest BCUT2D eigenvalue weighted by atomic mass is 32.2. The molecule has 0 spiro atoms. The van der Waals surface area contributed by atoms with Crippen LogP contribution in [0.5, 0.6) is 0 Å². The topological polar surface area (TPSA) is 30.7 Å². The van der Waals surface area contributed by atoms with Crippen LogP contribution in [0.25, 0.3) is 81.8 Å². The molecule has 1 aliphatic heterocycles. The minimum absolute atomic E-state index is 0.169. The van der Waals surface area contributed by atoms with Gasteiger partial charge in [0.15, 0.2) is 0 Å². The Morgan fingerprint density at radius 1 is 0.509 bits per heavy atom. The van der Waals surface area contributed by atoms with Crippen LogP contribution in [0.15, 0.2) is 181 Å². The molecule has 10 aromatic rings. The van der Waals surface area contributed by atoms with E-state index in [2.05, 4.69) is 180 Å². The van der Waals surface area contributed by atoms with Crippen molar-refractivity contribution in [2.75, 3.05) is 0 Å². The predicted octanol–water partition coefficient (Wildman–Crippen LogP) is 13.7. The van der Waals surface area contributed by atoms with Crippen molar-refractivity contribution in [3.8, 4) is 50.6 Å². The van der Waals surface area contributed by atoms with Gasteiger partial charge in [0, 0.05) is 43.1 Å². The maximum Gasteiger partial charge on any atom is 0.235 e. The van der Waals surface area contributed by atoms with E-state index in [1.165, 1.54) is 54.1 Å². The van der Waals surface area contributed by atoms with E-state index < -0.39 is 0 Å². The van der Waals surface area contributed by atoms with E-state index in [0.29, 0.717) is 5.95 Å². The Morgan fingerprint density at radius 3 is 1.91 bits per heavy atom. The Balaban J connectivity index is 1.18. The molecule has 0 saturated carbocycles. The summed E-state index contributed by atoms with van der Waals surface area (Å²) in [5.41, 5.74) is 15.5. The number of thioether (sulfide) groups is 1. The largest absolute Gasteiger partial charge is 0.280 e. The second kappa shape index (κ2) is 12.1. The number of hydrogen-bond acceptors (Lipinski definition) is 4. The molecule has 3 nitrogen and oxygen atoms in total. The molecular weight excluding hydrogens is 707 g/mol. The normalized spacial score (nSPS) is 15.6. The highest BCUT2D eigenvalue weighted by Gasteiger charge is 2.44. The van der Waals surface area contributed by atoms with Crippen LogP contribution in [0.1, 0.15) is 28.0 Å². The lowest BCUT2D eigenvalue weighted by Crippen LogP contribution is -2.17. The molecule has 5 heteroatoms. The van der Waals surface area contributed by atoms with E-state index in [-0.39, 0.29) is 11.2 Å². The summed E-state index contributed by atoms with van der Waals surface area (Å²) >= 11 is 3.77. The fourth-order valence-electron chi connectivity index (χ4n) is 9.01. The molecule has 258 valence electrons. The van der Waals surface area contributed by atoms with Gasteiger partial charge in [0.25, 0.3) is 0 Å². The zero-order valence-electron chi connectivity index (χ0n) is 29.6. The van der Waals surface area contributed by atoms with Crippen molar-refractivity contribution < 1.29 is 0 Å². The molecule has 0 fully saturated rings. The molecule has 2 aliphatic rings. The first-order chi connectivity index (χ1) is 27.3. The van der Waals surface area contributed by atoms with E-state index in [1.807, 2.05) is 11.8 Å². The highest BCUT2D eigenvalue weighted by molar-refractivity contribution is 8.00. The van der Waals surface area contributed by atoms with Crippen molar-refractivity contribution in [2.24, 2.45) is 0 Å². The lowest BCUT2D eigenvalue weighted by Gasteiger charge is -2.30. The first-order valence-electron chi connectivity index (χ1n) is 18.7. The van der Waals surface area contributed by atoms with Crippen LogP contribution in [0, 0.1) is 0 Å². The van der Waals surface area contributed by atoms with Crippen LogP contribution < -0.4 is 0 Å². The van der Waals surface area contributed by atoms with Gasteiger partial charge in [-0.1, -0.05) is 140 Å². The van der Waals surface area contributed by atoms with E-state index in [4.69, 9.17) is 9.97 Å². The van der Waals surface area contributed by atoms with Gasteiger partial charge in [-0.2, -0.15) is 0 Å². The number of para-hydroxylation sites is 1. The molecule has 0 N–H and O–H groups in total. The van der Waals surface area contributed by atoms with Gasteiger partial charge in [-0.3, -0.25) is 4.57 Å². The minimum Gasteiger partial charge on any atom is -0.280 e. The van der Waals surface area contributed by atoms with Crippen molar-refractivity contribution in [1.82, 2.24) is 14.5 Å². The number of thiophene rings is 1. The molecule has 4 heterocycles. The molecule has 2 atom stereocenters.